The van der Waals surface area contributed by atoms with Crippen molar-refractivity contribution in [3.05, 3.63) is 12.7 Å². The van der Waals surface area contributed by atoms with Crippen molar-refractivity contribution in [2.75, 3.05) is 39.0 Å². The number of guanidine groups is 1. The van der Waals surface area contributed by atoms with Crippen LogP contribution in [0.25, 0.3) is 0 Å². The Labute approximate surface area is 133 Å². The van der Waals surface area contributed by atoms with E-state index in [1.54, 1.807) is 13.1 Å². The van der Waals surface area contributed by atoms with Crippen molar-refractivity contribution in [1.82, 2.24) is 14.9 Å². The highest BCUT2D eigenvalue weighted by atomic mass is 127. The van der Waals surface area contributed by atoms with Crippen LogP contribution in [0.1, 0.15) is 13.8 Å². The fourth-order valence-corrected chi connectivity index (χ4v) is 2.84. The van der Waals surface area contributed by atoms with E-state index in [0.717, 1.165) is 0 Å². The lowest BCUT2D eigenvalue weighted by Gasteiger charge is -2.18. The van der Waals surface area contributed by atoms with E-state index in [1.807, 2.05) is 13.8 Å². The van der Waals surface area contributed by atoms with Crippen LogP contribution in [-0.4, -0.2) is 57.7 Å². The zero-order valence-electron chi connectivity index (χ0n) is 11.8. The molecule has 0 heterocycles. The van der Waals surface area contributed by atoms with Crippen molar-refractivity contribution in [3.8, 4) is 0 Å². The Kier molecular flexibility index (Phi) is 12.7. The smallest absolute Gasteiger partial charge is 0.215 e. The molecule has 0 fully saturated rings. The van der Waals surface area contributed by atoms with Gasteiger partial charge >= 0.3 is 0 Å². The predicted molar refractivity (Wildman–Crippen MR) is 91.7 cm³/mol. The third-order valence-corrected chi connectivity index (χ3v) is 4.41. The Morgan fingerprint density at radius 2 is 1.89 bits per heavy atom. The Balaban J connectivity index is 0. The molecule has 0 rings (SSSR count). The lowest BCUT2D eigenvalue weighted by molar-refractivity contribution is 0.445. The molecule has 0 aliphatic heterocycles. The highest BCUT2D eigenvalue weighted by Crippen LogP contribution is 1.99. The van der Waals surface area contributed by atoms with Crippen molar-refractivity contribution >= 4 is 40.0 Å². The number of aliphatic imine (C=N–C) groups is 1. The second-order valence-electron chi connectivity index (χ2n) is 3.57. The molecule has 6 nitrogen and oxygen atoms in total. The molecule has 2 N–H and O–H groups in total. The summed E-state index contributed by atoms with van der Waals surface area (Å²) in [5.74, 6) is 0.633. The molecule has 0 aromatic carbocycles. The van der Waals surface area contributed by atoms with Crippen LogP contribution in [0.5, 0.6) is 0 Å². The first-order chi connectivity index (χ1) is 8.51. The maximum absolute atomic E-state index is 11.9. The molecule has 0 aliphatic carbocycles. The van der Waals surface area contributed by atoms with Crippen LogP contribution in [0, 0.1) is 0 Å². The van der Waals surface area contributed by atoms with Crippen molar-refractivity contribution in [2.45, 2.75) is 13.8 Å². The van der Waals surface area contributed by atoms with E-state index in [-0.39, 0.29) is 29.7 Å². The molecule has 0 saturated heterocycles. The van der Waals surface area contributed by atoms with Crippen LogP contribution in [0.15, 0.2) is 17.6 Å². The molecule has 0 aliphatic rings. The first-order valence-electron chi connectivity index (χ1n) is 6.05. The van der Waals surface area contributed by atoms with Gasteiger partial charge in [-0.1, -0.05) is 19.9 Å². The van der Waals surface area contributed by atoms with Crippen LogP contribution >= 0.6 is 24.0 Å². The SMILES string of the molecule is C=CCNC(=NC)NCCS(=O)(=O)N(CC)CC.I. The molecular formula is C11H25IN4O2S. The summed E-state index contributed by atoms with van der Waals surface area (Å²) < 4.78 is 25.2. The molecule has 0 atom stereocenters. The first-order valence-corrected chi connectivity index (χ1v) is 7.65. The molecule has 0 spiro atoms. The summed E-state index contributed by atoms with van der Waals surface area (Å²) in [4.78, 5) is 3.97. The van der Waals surface area contributed by atoms with E-state index in [2.05, 4.69) is 22.2 Å². The van der Waals surface area contributed by atoms with E-state index in [4.69, 9.17) is 0 Å². The quantitative estimate of drug-likeness (QED) is 0.269. The van der Waals surface area contributed by atoms with E-state index in [1.165, 1.54) is 4.31 Å². The number of hydrogen-bond acceptors (Lipinski definition) is 3. The number of nitrogens with zero attached hydrogens (tertiary/aromatic N) is 2. The normalized spacial score (nSPS) is 11.9. The summed E-state index contributed by atoms with van der Waals surface area (Å²) >= 11 is 0. The van der Waals surface area contributed by atoms with Crippen LogP contribution in [0.2, 0.25) is 0 Å². The molecule has 19 heavy (non-hydrogen) atoms. The van der Waals surface area contributed by atoms with Gasteiger partial charge in [0.25, 0.3) is 0 Å². The van der Waals surface area contributed by atoms with Crippen LogP contribution in [0.3, 0.4) is 0 Å². The lowest BCUT2D eigenvalue weighted by atomic mass is 10.6. The molecule has 0 amide bonds. The fraction of sp³-hybridized carbons (Fsp3) is 0.727. The third-order valence-electron chi connectivity index (χ3n) is 2.39. The summed E-state index contributed by atoms with van der Waals surface area (Å²) in [6, 6.07) is 0. The Hall–Kier alpha value is -0.350. The molecule has 0 unspecified atom stereocenters. The number of rotatable bonds is 8. The van der Waals surface area contributed by atoms with Crippen molar-refractivity contribution in [1.29, 1.82) is 0 Å². The van der Waals surface area contributed by atoms with Gasteiger partial charge in [-0.25, -0.2) is 12.7 Å². The Morgan fingerprint density at radius 1 is 1.32 bits per heavy atom. The number of halogens is 1. The van der Waals surface area contributed by atoms with Crippen LogP contribution in [0.4, 0.5) is 0 Å². The van der Waals surface area contributed by atoms with Gasteiger partial charge in [0.15, 0.2) is 5.96 Å². The molecule has 114 valence electrons. The molecular weight excluding hydrogens is 379 g/mol. The summed E-state index contributed by atoms with van der Waals surface area (Å²) in [6.45, 7) is 9.17. The molecule has 0 aromatic heterocycles. The van der Waals surface area contributed by atoms with Gasteiger partial charge < -0.3 is 10.6 Å². The zero-order valence-corrected chi connectivity index (χ0v) is 15.0. The van der Waals surface area contributed by atoms with Crippen molar-refractivity contribution in [3.63, 3.8) is 0 Å². The molecule has 0 radical (unpaired) electrons. The van der Waals surface area contributed by atoms with Gasteiger partial charge in [0.1, 0.15) is 0 Å². The van der Waals surface area contributed by atoms with Gasteiger partial charge in [0.2, 0.25) is 10.0 Å². The Morgan fingerprint density at radius 3 is 2.32 bits per heavy atom. The second-order valence-corrected chi connectivity index (χ2v) is 5.66. The monoisotopic (exact) mass is 404 g/mol. The largest absolute Gasteiger partial charge is 0.355 e. The lowest BCUT2D eigenvalue weighted by Crippen LogP contribution is -2.42. The van der Waals surface area contributed by atoms with E-state index < -0.39 is 10.0 Å². The van der Waals surface area contributed by atoms with Crippen LogP contribution < -0.4 is 10.6 Å². The molecule has 0 saturated carbocycles. The average molecular weight is 404 g/mol. The number of nitrogens with one attached hydrogen (secondary N) is 2. The fourth-order valence-electron chi connectivity index (χ4n) is 1.43. The second kappa shape index (κ2) is 11.5. The maximum atomic E-state index is 11.9. The van der Waals surface area contributed by atoms with Crippen LogP contribution in [-0.2, 0) is 10.0 Å². The average Bonchev–Trinajstić information content (AvgIpc) is 2.34. The highest BCUT2D eigenvalue weighted by molar-refractivity contribution is 14.0. The van der Waals surface area contributed by atoms with Gasteiger partial charge in [0.05, 0.1) is 5.75 Å². The van der Waals surface area contributed by atoms with Gasteiger partial charge in [-0.3, -0.25) is 4.99 Å². The minimum atomic E-state index is -3.18. The van der Waals surface area contributed by atoms with E-state index >= 15 is 0 Å². The van der Waals surface area contributed by atoms with Gasteiger partial charge in [0, 0.05) is 33.2 Å². The third kappa shape index (κ3) is 8.43. The summed E-state index contributed by atoms with van der Waals surface area (Å²) in [7, 11) is -1.54. The molecule has 8 heteroatoms. The predicted octanol–water partition coefficient (Wildman–Crippen LogP) is 0.627. The van der Waals surface area contributed by atoms with Gasteiger partial charge in [-0.2, -0.15) is 0 Å². The standard InChI is InChI=1S/C11H24N4O2S.HI/c1-5-8-13-11(12-4)14-9-10-18(16,17)15(6-2)7-3;/h5H,1,6-10H2,2-4H3,(H2,12,13,14);1H. The van der Waals surface area contributed by atoms with Gasteiger partial charge in [-0.05, 0) is 0 Å². The van der Waals surface area contributed by atoms with E-state index in [0.29, 0.717) is 32.1 Å². The Bertz CT molecular complexity index is 367. The minimum absolute atomic E-state index is 0. The number of sulfonamides is 1. The zero-order chi connectivity index (χ0) is 14.0. The highest BCUT2D eigenvalue weighted by Gasteiger charge is 2.17. The number of hydrogen-bond donors (Lipinski definition) is 2. The van der Waals surface area contributed by atoms with E-state index in [9.17, 15) is 8.42 Å². The van der Waals surface area contributed by atoms with Crippen molar-refractivity contribution < 1.29 is 8.42 Å². The first kappa shape index (κ1) is 21.0. The maximum Gasteiger partial charge on any atom is 0.215 e. The summed E-state index contributed by atoms with van der Waals surface area (Å²) in [6.07, 6.45) is 1.71. The minimum Gasteiger partial charge on any atom is -0.355 e. The topological polar surface area (TPSA) is 73.8 Å². The molecule has 0 bridgehead atoms. The van der Waals surface area contributed by atoms with Crippen molar-refractivity contribution in [2.24, 2.45) is 4.99 Å². The van der Waals surface area contributed by atoms with Gasteiger partial charge in [-0.15, -0.1) is 30.6 Å². The summed E-state index contributed by atoms with van der Waals surface area (Å²) in [5.41, 5.74) is 0. The summed E-state index contributed by atoms with van der Waals surface area (Å²) in [5, 5.41) is 5.92. The molecule has 0 aromatic rings.